The molecule has 3 rings (SSSR count). The fraction of sp³-hybridized carbons (Fsp3) is 0.667. The van der Waals surface area contributed by atoms with E-state index in [-0.39, 0.29) is 83.7 Å². The number of hydrazine groups is 1. The van der Waals surface area contributed by atoms with Gasteiger partial charge in [0.2, 0.25) is 17.7 Å². The molecule has 0 radical (unpaired) electrons. The molecule has 15 nitrogen and oxygen atoms in total. The molecule has 2 aliphatic heterocycles. The van der Waals surface area contributed by atoms with Gasteiger partial charge in [0.05, 0.1) is 18.0 Å². The number of carbonyl (C=O) groups is 5. The first-order chi connectivity index (χ1) is 30.1. The number of ether oxygens (including phenoxy) is 2. The number of rotatable bonds is 28. The molecule has 1 saturated heterocycles. The molecule has 354 valence electrons. The number of likely N-dealkylation sites (N-methyl/N-ethyl adjacent to an activating group) is 1. The van der Waals surface area contributed by atoms with E-state index in [9.17, 15) is 29.1 Å². The lowest BCUT2D eigenvalue weighted by Crippen LogP contribution is -2.59. The van der Waals surface area contributed by atoms with Crippen molar-refractivity contribution in [1.82, 2.24) is 36.6 Å². The summed E-state index contributed by atoms with van der Waals surface area (Å²) in [5.41, 5.74) is 6.64. The zero-order valence-electron chi connectivity index (χ0n) is 38.5. The van der Waals surface area contributed by atoms with Crippen LogP contribution in [-0.4, -0.2) is 113 Å². The van der Waals surface area contributed by atoms with Crippen LogP contribution in [0.1, 0.15) is 105 Å². The maximum absolute atomic E-state index is 14.7. The Morgan fingerprint density at radius 2 is 1.78 bits per heavy atom. The molecule has 2 heterocycles. The smallest absolute Gasteiger partial charge is 0.307 e. The number of phenols is 1. The van der Waals surface area contributed by atoms with Crippen LogP contribution in [0.25, 0.3) is 0 Å². The number of phenolic OH excluding ortho intramolecular Hbond substituents is 1. The Bertz CT molecular complexity index is 1670. The molecule has 2 unspecified atom stereocenters. The molecular formula is C45H73N7O8S3. The molecule has 7 atom stereocenters. The number of piperidine rings is 1. The monoisotopic (exact) mass is 935 g/mol. The number of aromatic hydroxyl groups is 1. The molecule has 18 heteroatoms. The van der Waals surface area contributed by atoms with Crippen molar-refractivity contribution in [3.05, 3.63) is 53.4 Å². The van der Waals surface area contributed by atoms with E-state index < -0.39 is 18.0 Å². The number of thioether (sulfide) groups is 1. The number of nitrogens with one attached hydrogen (secondary N) is 5. The number of likely N-dealkylation sites (tertiary alicyclic amines) is 1. The first kappa shape index (κ1) is 53.6. The number of hydrogen-bond donors (Lipinski definition) is 6. The van der Waals surface area contributed by atoms with Crippen molar-refractivity contribution < 1.29 is 38.6 Å². The number of nitrogens with zero attached hydrogens (tertiary/aromatic N) is 2. The molecule has 0 spiro atoms. The van der Waals surface area contributed by atoms with Gasteiger partial charge in [0, 0.05) is 35.6 Å². The van der Waals surface area contributed by atoms with Gasteiger partial charge >= 0.3 is 5.97 Å². The molecule has 1 aromatic rings. The van der Waals surface area contributed by atoms with E-state index in [1.807, 2.05) is 52.8 Å². The number of esters is 1. The predicted molar refractivity (Wildman–Crippen MR) is 255 cm³/mol. The molecule has 1 aromatic carbocycles. The summed E-state index contributed by atoms with van der Waals surface area (Å²) < 4.78 is 11.2. The normalized spacial score (nSPS) is 18.7. The van der Waals surface area contributed by atoms with Crippen LogP contribution in [0.2, 0.25) is 0 Å². The van der Waals surface area contributed by atoms with Gasteiger partial charge in [-0.25, -0.2) is 0 Å². The Hall–Kier alpha value is -3.74. The minimum atomic E-state index is -0.799. The zero-order chi connectivity index (χ0) is 46.5. The molecule has 2 aliphatic rings. The Morgan fingerprint density at radius 3 is 2.43 bits per heavy atom. The first-order valence-corrected chi connectivity index (χ1v) is 26.0. The van der Waals surface area contributed by atoms with Crippen LogP contribution >= 0.6 is 33.3 Å². The van der Waals surface area contributed by atoms with Crippen molar-refractivity contribution >= 4 is 62.9 Å². The lowest BCUT2D eigenvalue weighted by Gasteiger charge is -2.39. The Kier molecular flexibility index (Phi) is 24.0. The summed E-state index contributed by atoms with van der Waals surface area (Å²) in [6.07, 6.45) is 8.06. The van der Waals surface area contributed by atoms with Crippen molar-refractivity contribution in [2.24, 2.45) is 17.8 Å². The average molecular weight is 936 g/mol. The Morgan fingerprint density at radius 1 is 1.05 bits per heavy atom. The maximum atomic E-state index is 14.7. The van der Waals surface area contributed by atoms with Crippen LogP contribution in [0.3, 0.4) is 0 Å². The van der Waals surface area contributed by atoms with Crippen molar-refractivity contribution in [2.45, 2.75) is 135 Å². The lowest BCUT2D eigenvalue weighted by molar-refractivity contribution is -0.159. The summed E-state index contributed by atoms with van der Waals surface area (Å²) >= 11 is 1.48. The minimum Gasteiger partial charge on any atom is -0.508 e. The van der Waals surface area contributed by atoms with Gasteiger partial charge in [-0.15, -0.1) is 11.8 Å². The van der Waals surface area contributed by atoms with Crippen molar-refractivity contribution in [3.8, 4) is 5.75 Å². The highest BCUT2D eigenvalue weighted by molar-refractivity contribution is 8.76. The second-order valence-electron chi connectivity index (χ2n) is 16.8. The van der Waals surface area contributed by atoms with Crippen LogP contribution in [-0.2, 0) is 39.9 Å². The van der Waals surface area contributed by atoms with Crippen LogP contribution in [0.15, 0.2) is 47.8 Å². The van der Waals surface area contributed by atoms with Crippen LogP contribution in [0.5, 0.6) is 5.75 Å². The van der Waals surface area contributed by atoms with E-state index in [1.165, 1.54) is 11.8 Å². The molecule has 0 aliphatic carbocycles. The molecular weight excluding hydrogens is 863 g/mol. The SMILES string of the molecule is C=C(NNC(=O)[C@@H](C)C[C@H](Cc1ccc(O)cc1)NC(=O)C1=CSC(CC[C@H](C(C)C)N(COC(=O)CCC)C(=O)[C@@H](NC(=O)[C@H]2CCCCN2C)C(C)CC)N1)OCCSSC. The van der Waals surface area contributed by atoms with Gasteiger partial charge in [-0.2, -0.15) is 0 Å². The van der Waals surface area contributed by atoms with Crippen LogP contribution in [0, 0.1) is 17.8 Å². The molecule has 6 N–H and O–H groups in total. The van der Waals surface area contributed by atoms with E-state index in [1.54, 1.807) is 63.1 Å². The van der Waals surface area contributed by atoms with Crippen molar-refractivity contribution in [1.29, 1.82) is 0 Å². The quantitative estimate of drug-likeness (QED) is 0.0143. The highest BCUT2D eigenvalue weighted by atomic mass is 33.1. The average Bonchev–Trinajstić information content (AvgIpc) is 3.74. The summed E-state index contributed by atoms with van der Waals surface area (Å²) in [6.45, 7) is 16.5. The summed E-state index contributed by atoms with van der Waals surface area (Å²) in [6, 6.07) is 4.87. The van der Waals surface area contributed by atoms with E-state index in [2.05, 4.69) is 33.4 Å². The fourth-order valence-corrected chi connectivity index (χ4v) is 9.52. The summed E-state index contributed by atoms with van der Waals surface area (Å²) in [7, 11) is 5.24. The third-order valence-corrected chi connectivity index (χ3v) is 14.3. The molecule has 63 heavy (non-hydrogen) atoms. The van der Waals surface area contributed by atoms with Crippen molar-refractivity contribution in [2.75, 3.05) is 38.9 Å². The number of carbonyl (C=O) groups excluding carboxylic acids is 5. The van der Waals surface area contributed by atoms with Gasteiger partial charge in [-0.1, -0.05) is 88.1 Å². The largest absolute Gasteiger partial charge is 0.508 e. The predicted octanol–water partition coefficient (Wildman–Crippen LogP) is 6.02. The van der Waals surface area contributed by atoms with Gasteiger partial charge in [-0.05, 0) is 101 Å². The zero-order valence-corrected chi connectivity index (χ0v) is 41.0. The highest BCUT2D eigenvalue weighted by Crippen LogP contribution is 2.29. The number of hydrogen-bond acceptors (Lipinski definition) is 14. The molecule has 1 fully saturated rings. The maximum Gasteiger partial charge on any atom is 0.307 e. The van der Waals surface area contributed by atoms with E-state index in [0.29, 0.717) is 50.8 Å². The molecule has 0 saturated carbocycles. The van der Waals surface area contributed by atoms with E-state index >= 15 is 0 Å². The van der Waals surface area contributed by atoms with Gasteiger partial charge < -0.3 is 35.4 Å². The van der Waals surface area contributed by atoms with Crippen molar-refractivity contribution in [3.63, 3.8) is 0 Å². The van der Waals surface area contributed by atoms with Crippen LogP contribution < -0.4 is 26.8 Å². The third kappa shape index (κ3) is 18.3. The second kappa shape index (κ2) is 28.2. The van der Waals surface area contributed by atoms with Gasteiger partial charge in [-0.3, -0.25) is 39.7 Å². The third-order valence-electron chi connectivity index (χ3n) is 11.5. The molecule has 4 amide bonds. The Labute approximate surface area is 387 Å². The standard InChI is InChI=1S/C45H73N7O8S3/c1-10-14-40(54)60-28-52(45(58)41(30(5)11-2)48-44(57)38-15-12-13-22-51(38)8)37(29(3)4)20-21-39-47-36(27-62-39)43(56)46-34(26-33-16-18-35(53)19-17-33)25-31(6)42(55)50-49-32(7)59-23-24-63-61-9/h16-19,27,29-31,34,37-39,41,47,49,53H,7,10-15,20-26,28H2,1-6,8-9H3,(H,46,56)(H,48,57)(H,50,55)/t30?,31-,34+,37+,38+,39?,41-/m0/s1. The second-order valence-corrected chi connectivity index (χ2v) is 20.6. The number of benzene rings is 1. The van der Waals surface area contributed by atoms with Gasteiger partial charge in [0.1, 0.15) is 17.5 Å². The fourth-order valence-electron chi connectivity index (χ4n) is 7.56. The van der Waals surface area contributed by atoms with E-state index in [4.69, 9.17) is 9.47 Å². The Balaban J connectivity index is 1.70. The molecule has 0 aromatic heterocycles. The van der Waals surface area contributed by atoms with Crippen LogP contribution in [0.4, 0.5) is 0 Å². The highest BCUT2D eigenvalue weighted by Gasteiger charge is 2.38. The summed E-state index contributed by atoms with van der Waals surface area (Å²) in [4.78, 5) is 71.6. The summed E-state index contributed by atoms with van der Waals surface area (Å²) in [5.74, 6) is -1.00. The van der Waals surface area contributed by atoms with Gasteiger partial charge in [0.15, 0.2) is 12.6 Å². The topological polar surface area (TPSA) is 191 Å². The minimum absolute atomic E-state index is 0.0246. The first-order valence-electron chi connectivity index (χ1n) is 22.3. The molecule has 0 bridgehead atoms. The number of amides is 4. The summed E-state index contributed by atoms with van der Waals surface area (Å²) in [5, 5.41) is 21.1. The lowest BCUT2D eigenvalue weighted by atomic mass is 9.93. The van der Waals surface area contributed by atoms with E-state index in [0.717, 1.165) is 37.1 Å². The van der Waals surface area contributed by atoms with Gasteiger partial charge in [0.25, 0.3) is 5.91 Å².